The number of ether oxygens (including phenoxy) is 1. The SMILES string of the molecule is N#Cc1ccc(C23Oc4cnccc4C2(O)CCC3c2ccccc2)cc1. The van der Waals surface area contributed by atoms with Crippen LogP contribution < -0.4 is 4.74 Å². The number of fused-ring (bicyclic) bond motifs is 3. The Morgan fingerprint density at radius 3 is 2.59 bits per heavy atom. The van der Waals surface area contributed by atoms with Crippen LogP contribution in [0.15, 0.2) is 73.1 Å². The molecule has 3 aromatic rings. The van der Waals surface area contributed by atoms with Gasteiger partial charge in [0.1, 0.15) is 11.4 Å². The first-order valence-corrected chi connectivity index (χ1v) is 9.10. The fraction of sp³-hybridized carbons (Fsp3) is 0.217. The van der Waals surface area contributed by atoms with Crippen molar-refractivity contribution in [3.05, 3.63) is 95.3 Å². The minimum Gasteiger partial charge on any atom is -0.476 e. The summed E-state index contributed by atoms with van der Waals surface area (Å²) in [5.41, 5.74) is 1.32. The molecule has 1 aliphatic heterocycles. The predicted molar refractivity (Wildman–Crippen MR) is 100 cm³/mol. The highest BCUT2D eigenvalue weighted by atomic mass is 16.5. The molecule has 1 N–H and O–H groups in total. The monoisotopic (exact) mass is 354 g/mol. The van der Waals surface area contributed by atoms with Gasteiger partial charge in [0.2, 0.25) is 0 Å². The first-order chi connectivity index (χ1) is 13.2. The third-order valence-corrected chi connectivity index (χ3v) is 6.05. The molecule has 2 heterocycles. The summed E-state index contributed by atoms with van der Waals surface area (Å²) < 4.78 is 6.55. The van der Waals surface area contributed by atoms with E-state index in [-0.39, 0.29) is 5.92 Å². The fourth-order valence-electron chi connectivity index (χ4n) is 4.88. The van der Waals surface area contributed by atoms with Crippen molar-refractivity contribution >= 4 is 0 Å². The van der Waals surface area contributed by atoms with E-state index < -0.39 is 11.2 Å². The van der Waals surface area contributed by atoms with E-state index in [1.807, 2.05) is 36.4 Å². The van der Waals surface area contributed by atoms with Gasteiger partial charge < -0.3 is 9.84 Å². The van der Waals surface area contributed by atoms with E-state index in [9.17, 15) is 5.11 Å². The van der Waals surface area contributed by atoms with Gasteiger partial charge in [0.25, 0.3) is 0 Å². The minimum absolute atomic E-state index is 0.0102. The molecule has 0 amide bonds. The van der Waals surface area contributed by atoms with E-state index in [1.165, 1.54) is 0 Å². The molecule has 4 heteroatoms. The summed E-state index contributed by atoms with van der Waals surface area (Å²) in [6.45, 7) is 0. The maximum atomic E-state index is 11.9. The zero-order chi connectivity index (χ0) is 18.5. The lowest BCUT2D eigenvalue weighted by molar-refractivity contribution is -0.105. The van der Waals surface area contributed by atoms with Gasteiger partial charge >= 0.3 is 0 Å². The number of aliphatic hydroxyl groups is 1. The maximum Gasteiger partial charge on any atom is 0.174 e. The van der Waals surface area contributed by atoms with Crippen LogP contribution in [-0.4, -0.2) is 10.1 Å². The number of aromatic nitrogens is 1. The molecule has 0 saturated heterocycles. The quantitative estimate of drug-likeness (QED) is 0.755. The smallest absolute Gasteiger partial charge is 0.174 e. The number of nitriles is 1. The first-order valence-electron chi connectivity index (χ1n) is 9.10. The van der Waals surface area contributed by atoms with Crippen molar-refractivity contribution < 1.29 is 9.84 Å². The van der Waals surface area contributed by atoms with Gasteiger partial charge in [-0.15, -0.1) is 0 Å². The van der Waals surface area contributed by atoms with E-state index in [0.717, 1.165) is 23.1 Å². The summed E-state index contributed by atoms with van der Waals surface area (Å²) in [6.07, 6.45) is 4.79. The molecule has 1 fully saturated rings. The van der Waals surface area contributed by atoms with E-state index >= 15 is 0 Å². The molecule has 3 atom stereocenters. The van der Waals surface area contributed by atoms with Crippen LogP contribution in [0, 0.1) is 11.3 Å². The lowest BCUT2D eigenvalue weighted by Gasteiger charge is -2.40. The number of hydrogen-bond acceptors (Lipinski definition) is 4. The molecule has 4 nitrogen and oxygen atoms in total. The van der Waals surface area contributed by atoms with Crippen LogP contribution in [0.25, 0.3) is 0 Å². The van der Waals surface area contributed by atoms with Crippen molar-refractivity contribution in [2.45, 2.75) is 30.0 Å². The summed E-state index contributed by atoms with van der Waals surface area (Å²) in [5, 5.41) is 21.1. The van der Waals surface area contributed by atoms with Gasteiger partial charge in [-0.2, -0.15) is 5.26 Å². The summed E-state index contributed by atoms with van der Waals surface area (Å²) in [4.78, 5) is 4.19. The number of pyridine rings is 1. The Labute approximate surface area is 157 Å². The average molecular weight is 354 g/mol. The molecule has 2 aromatic carbocycles. The second kappa shape index (κ2) is 5.67. The third-order valence-electron chi connectivity index (χ3n) is 6.05. The van der Waals surface area contributed by atoms with Crippen molar-refractivity contribution in [3.63, 3.8) is 0 Å². The Kier molecular flexibility index (Phi) is 3.37. The van der Waals surface area contributed by atoms with Crippen molar-refractivity contribution in [2.24, 2.45) is 0 Å². The minimum atomic E-state index is -1.14. The van der Waals surface area contributed by atoms with Gasteiger partial charge in [-0.25, -0.2) is 0 Å². The number of nitrogens with zero attached hydrogens (tertiary/aromatic N) is 2. The van der Waals surface area contributed by atoms with Crippen molar-refractivity contribution in [1.82, 2.24) is 4.98 Å². The Morgan fingerprint density at radius 1 is 1.07 bits per heavy atom. The van der Waals surface area contributed by atoms with Crippen LogP contribution in [0.4, 0.5) is 0 Å². The molecule has 1 aromatic heterocycles. The largest absolute Gasteiger partial charge is 0.476 e. The summed E-state index contributed by atoms with van der Waals surface area (Å²) in [5.74, 6) is 0.619. The first kappa shape index (κ1) is 16.0. The van der Waals surface area contributed by atoms with E-state index in [1.54, 1.807) is 24.5 Å². The average Bonchev–Trinajstić information content (AvgIpc) is 3.16. The zero-order valence-corrected chi connectivity index (χ0v) is 14.7. The second-order valence-corrected chi connectivity index (χ2v) is 7.26. The van der Waals surface area contributed by atoms with Gasteiger partial charge in [-0.1, -0.05) is 42.5 Å². The van der Waals surface area contributed by atoms with Crippen LogP contribution >= 0.6 is 0 Å². The Bertz CT molecular complexity index is 1040. The van der Waals surface area contributed by atoms with Crippen LogP contribution in [-0.2, 0) is 11.2 Å². The number of rotatable bonds is 2. The van der Waals surface area contributed by atoms with Gasteiger partial charge in [0.05, 0.1) is 17.8 Å². The van der Waals surface area contributed by atoms with Crippen molar-refractivity contribution in [3.8, 4) is 11.8 Å². The summed E-state index contributed by atoms with van der Waals surface area (Å²) in [6, 6.07) is 21.6. The molecule has 1 aliphatic carbocycles. The summed E-state index contributed by atoms with van der Waals surface area (Å²) in [7, 11) is 0. The highest BCUT2D eigenvalue weighted by Gasteiger charge is 2.68. The third kappa shape index (κ3) is 2.03. The van der Waals surface area contributed by atoms with Crippen molar-refractivity contribution in [1.29, 1.82) is 5.26 Å². The fourth-order valence-corrected chi connectivity index (χ4v) is 4.88. The van der Waals surface area contributed by atoms with Gasteiger partial charge in [-0.3, -0.25) is 4.98 Å². The predicted octanol–water partition coefficient (Wildman–Crippen LogP) is 4.01. The second-order valence-electron chi connectivity index (χ2n) is 7.26. The molecule has 3 unspecified atom stereocenters. The number of hydrogen-bond donors (Lipinski definition) is 1. The highest BCUT2D eigenvalue weighted by molar-refractivity contribution is 5.52. The molecular formula is C23H18N2O2. The Balaban J connectivity index is 1.76. The van der Waals surface area contributed by atoms with E-state index in [4.69, 9.17) is 10.00 Å². The van der Waals surface area contributed by atoms with Gasteiger partial charge in [-0.05, 0) is 42.2 Å². The number of benzene rings is 2. The highest BCUT2D eigenvalue weighted by Crippen LogP contribution is 2.66. The van der Waals surface area contributed by atoms with Gasteiger partial charge in [0.15, 0.2) is 5.60 Å². The Morgan fingerprint density at radius 2 is 1.85 bits per heavy atom. The normalized spacial score (nSPS) is 28.1. The molecule has 5 rings (SSSR count). The molecule has 0 spiro atoms. The Hall–Kier alpha value is -3.16. The van der Waals surface area contributed by atoms with Crippen molar-refractivity contribution in [2.75, 3.05) is 0 Å². The topological polar surface area (TPSA) is 66.1 Å². The maximum absolute atomic E-state index is 11.9. The van der Waals surface area contributed by atoms with Crippen LogP contribution in [0.2, 0.25) is 0 Å². The molecule has 132 valence electrons. The zero-order valence-electron chi connectivity index (χ0n) is 14.7. The molecular weight excluding hydrogens is 336 g/mol. The lowest BCUT2D eigenvalue weighted by atomic mass is 9.72. The van der Waals surface area contributed by atoms with Crippen LogP contribution in [0.3, 0.4) is 0 Å². The molecule has 2 aliphatic rings. The molecule has 0 bridgehead atoms. The lowest BCUT2D eigenvalue weighted by Crippen LogP contribution is -2.48. The van der Waals surface area contributed by atoms with Gasteiger partial charge in [0, 0.05) is 17.7 Å². The van der Waals surface area contributed by atoms with E-state index in [2.05, 4.69) is 23.2 Å². The standard InChI is InChI=1S/C23H18N2O2/c24-14-16-6-8-18(9-7-16)23-19(17-4-2-1-3-5-17)10-12-22(23,26)20-11-13-25-15-21(20)27-23/h1-9,11,13,15,19,26H,10,12H2. The van der Waals surface area contributed by atoms with E-state index in [0.29, 0.717) is 17.7 Å². The molecule has 0 radical (unpaired) electrons. The van der Waals surface area contributed by atoms with Crippen LogP contribution in [0.5, 0.6) is 5.75 Å². The van der Waals surface area contributed by atoms with Crippen LogP contribution in [0.1, 0.15) is 41.0 Å². The molecule has 27 heavy (non-hydrogen) atoms. The molecule has 1 saturated carbocycles. The summed E-state index contributed by atoms with van der Waals surface area (Å²) >= 11 is 0.